The van der Waals surface area contributed by atoms with Gasteiger partial charge in [-0.15, -0.1) is 0 Å². The SMILES string of the molecule is CCOC(=O)c1ccc2c(c1)OC1(CCOCC1)C2. The van der Waals surface area contributed by atoms with Gasteiger partial charge < -0.3 is 14.2 Å². The molecule has 0 radical (unpaired) electrons. The number of rotatable bonds is 2. The Morgan fingerprint density at radius 2 is 2.16 bits per heavy atom. The standard InChI is InChI=1S/C15H18O4/c1-2-18-14(16)11-3-4-12-10-15(19-13(12)9-11)5-7-17-8-6-15/h3-4,9H,2,5-8,10H2,1H3. The summed E-state index contributed by atoms with van der Waals surface area (Å²) >= 11 is 0. The van der Waals surface area contributed by atoms with E-state index in [1.807, 2.05) is 12.1 Å². The normalized spacial score (nSPS) is 19.8. The van der Waals surface area contributed by atoms with Crippen LogP contribution in [0, 0.1) is 0 Å². The van der Waals surface area contributed by atoms with Crippen molar-refractivity contribution >= 4 is 5.97 Å². The van der Waals surface area contributed by atoms with Crippen molar-refractivity contribution in [1.29, 1.82) is 0 Å². The Bertz CT molecular complexity index is 489. The molecule has 1 fully saturated rings. The molecule has 0 amide bonds. The molecule has 2 heterocycles. The number of benzene rings is 1. The number of hydrogen-bond donors (Lipinski definition) is 0. The molecular weight excluding hydrogens is 244 g/mol. The summed E-state index contributed by atoms with van der Waals surface area (Å²) in [7, 11) is 0. The van der Waals surface area contributed by atoms with Crippen LogP contribution in [0.4, 0.5) is 0 Å². The van der Waals surface area contributed by atoms with E-state index in [9.17, 15) is 4.79 Å². The van der Waals surface area contributed by atoms with Gasteiger partial charge in [-0.1, -0.05) is 6.07 Å². The molecule has 102 valence electrons. The van der Waals surface area contributed by atoms with Crippen LogP contribution in [-0.2, 0) is 15.9 Å². The Morgan fingerprint density at radius 1 is 1.37 bits per heavy atom. The molecule has 4 nitrogen and oxygen atoms in total. The van der Waals surface area contributed by atoms with Crippen molar-refractivity contribution in [2.75, 3.05) is 19.8 Å². The average molecular weight is 262 g/mol. The zero-order valence-electron chi connectivity index (χ0n) is 11.1. The fourth-order valence-electron chi connectivity index (χ4n) is 2.78. The molecule has 1 spiro atoms. The zero-order valence-corrected chi connectivity index (χ0v) is 11.1. The van der Waals surface area contributed by atoms with Crippen molar-refractivity contribution in [1.82, 2.24) is 0 Å². The third-order valence-electron chi connectivity index (χ3n) is 3.82. The van der Waals surface area contributed by atoms with Crippen molar-refractivity contribution in [2.24, 2.45) is 0 Å². The van der Waals surface area contributed by atoms with Crippen LogP contribution in [0.5, 0.6) is 5.75 Å². The first kappa shape index (κ1) is 12.5. The monoisotopic (exact) mass is 262 g/mol. The molecule has 0 aromatic heterocycles. The highest BCUT2D eigenvalue weighted by molar-refractivity contribution is 5.90. The Labute approximate surface area is 112 Å². The molecule has 0 bridgehead atoms. The summed E-state index contributed by atoms with van der Waals surface area (Å²) in [5.41, 5.74) is 1.62. The summed E-state index contributed by atoms with van der Waals surface area (Å²) < 4.78 is 16.5. The van der Waals surface area contributed by atoms with Crippen LogP contribution < -0.4 is 4.74 Å². The van der Waals surface area contributed by atoms with Crippen molar-refractivity contribution in [3.63, 3.8) is 0 Å². The molecule has 19 heavy (non-hydrogen) atoms. The first-order chi connectivity index (χ1) is 9.22. The van der Waals surface area contributed by atoms with Crippen molar-refractivity contribution in [2.45, 2.75) is 31.8 Å². The van der Waals surface area contributed by atoms with Gasteiger partial charge in [0.05, 0.1) is 25.4 Å². The molecule has 0 saturated carbocycles. The molecule has 2 aliphatic heterocycles. The Morgan fingerprint density at radius 3 is 2.89 bits per heavy atom. The second-order valence-corrected chi connectivity index (χ2v) is 5.12. The van der Waals surface area contributed by atoms with E-state index < -0.39 is 0 Å². The fourth-order valence-corrected chi connectivity index (χ4v) is 2.78. The predicted molar refractivity (Wildman–Crippen MR) is 69.5 cm³/mol. The van der Waals surface area contributed by atoms with Crippen molar-refractivity contribution < 1.29 is 19.0 Å². The van der Waals surface area contributed by atoms with Crippen LogP contribution in [0.3, 0.4) is 0 Å². The molecule has 1 aromatic rings. The van der Waals surface area contributed by atoms with E-state index in [0.717, 1.165) is 38.2 Å². The number of ether oxygens (including phenoxy) is 3. The maximum absolute atomic E-state index is 11.7. The van der Waals surface area contributed by atoms with E-state index in [-0.39, 0.29) is 11.6 Å². The molecule has 1 aromatic carbocycles. The van der Waals surface area contributed by atoms with Crippen LogP contribution in [0.15, 0.2) is 18.2 Å². The lowest BCUT2D eigenvalue weighted by atomic mass is 9.89. The van der Waals surface area contributed by atoms with E-state index in [1.165, 1.54) is 5.56 Å². The highest BCUT2D eigenvalue weighted by Crippen LogP contribution is 2.41. The number of carbonyl (C=O) groups excluding carboxylic acids is 1. The summed E-state index contributed by atoms with van der Waals surface area (Å²) in [5, 5.41) is 0. The third kappa shape index (κ3) is 2.32. The highest BCUT2D eigenvalue weighted by atomic mass is 16.5. The van der Waals surface area contributed by atoms with Gasteiger partial charge in [0, 0.05) is 19.3 Å². The van der Waals surface area contributed by atoms with Crippen molar-refractivity contribution in [3.05, 3.63) is 29.3 Å². The number of esters is 1. The topological polar surface area (TPSA) is 44.8 Å². The molecule has 0 aliphatic carbocycles. The van der Waals surface area contributed by atoms with Crippen LogP contribution in [0.25, 0.3) is 0 Å². The van der Waals surface area contributed by atoms with E-state index in [2.05, 4.69) is 0 Å². The first-order valence-corrected chi connectivity index (χ1v) is 6.79. The van der Waals surface area contributed by atoms with Gasteiger partial charge in [0.1, 0.15) is 11.4 Å². The quantitative estimate of drug-likeness (QED) is 0.767. The maximum atomic E-state index is 11.7. The minimum Gasteiger partial charge on any atom is -0.486 e. The summed E-state index contributed by atoms with van der Waals surface area (Å²) in [6.07, 6.45) is 2.74. The van der Waals surface area contributed by atoms with Gasteiger partial charge in [-0.3, -0.25) is 0 Å². The van der Waals surface area contributed by atoms with Crippen LogP contribution in [0.2, 0.25) is 0 Å². The van der Waals surface area contributed by atoms with Gasteiger partial charge in [0.25, 0.3) is 0 Å². The lowest BCUT2D eigenvalue weighted by molar-refractivity contribution is -0.0330. The lowest BCUT2D eigenvalue weighted by Crippen LogP contribution is -2.40. The van der Waals surface area contributed by atoms with Gasteiger partial charge in [-0.25, -0.2) is 4.79 Å². The van der Waals surface area contributed by atoms with Crippen LogP contribution in [0.1, 0.15) is 35.7 Å². The minimum atomic E-state index is -0.290. The van der Waals surface area contributed by atoms with Crippen LogP contribution >= 0.6 is 0 Å². The minimum absolute atomic E-state index is 0.117. The van der Waals surface area contributed by atoms with Gasteiger partial charge in [0.15, 0.2) is 0 Å². The first-order valence-electron chi connectivity index (χ1n) is 6.79. The Kier molecular flexibility index (Phi) is 3.19. The second-order valence-electron chi connectivity index (χ2n) is 5.12. The number of fused-ring (bicyclic) bond motifs is 1. The Balaban J connectivity index is 1.81. The molecule has 0 N–H and O–H groups in total. The Hall–Kier alpha value is -1.55. The van der Waals surface area contributed by atoms with Crippen molar-refractivity contribution in [3.8, 4) is 5.75 Å². The van der Waals surface area contributed by atoms with E-state index in [1.54, 1.807) is 13.0 Å². The van der Waals surface area contributed by atoms with Gasteiger partial charge in [0.2, 0.25) is 0 Å². The lowest BCUT2D eigenvalue weighted by Gasteiger charge is -2.32. The molecule has 0 unspecified atom stereocenters. The van der Waals surface area contributed by atoms with Crippen LogP contribution in [-0.4, -0.2) is 31.4 Å². The van der Waals surface area contributed by atoms with Gasteiger partial charge >= 0.3 is 5.97 Å². The fraction of sp³-hybridized carbons (Fsp3) is 0.533. The van der Waals surface area contributed by atoms with E-state index >= 15 is 0 Å². The van der Waals surface area contributed by atoms with Gasteiger partial charge in [-0.05, 0) is 24.6 Å². The summed E-state index contributed by atoms with van der Waals surface area (Å²) in [6.45, 7) is 3.69. The molecular formula is C15H18O4. The second kappa shape index (κ2) is 4.85. The third-order valence-corrected chi connectivity index (χ3v) is 3.82. The zero-order chi connectivity index (χ0) is 13.3. The average Bonchev–Trinajstić information content (AvgIpc) is 2.76. The maximum Gasteiger partial charge on any atom is 0.338 e. The molecule has 0 atom stereocenters. The molecule has 4 heteroatoms. The smallest absolute Gasteiger partial charge is 0.338 e. The number of carbonyl (C=O) groups is 1. The van der Waals surface area contributed by atoms with E-state index in [0.29, 0.717) is 12.2 Å². The summed E-state index contributed by atoms with van der Waals surface area (Å²) in [5.74, 6) is 0.536. The number of hydrogen-bond acceptors (Lipinski definition) is 4. The molecule has 1 saturated heterocycles. The summed E-state index contributed by atoms with van der Waals surface area (Å²) in [6, 6.07) is 5.60. The highest BCUT2D eigenvalue weighted by Gasteiger charge is 2.40. The molecule has 3 rings (SSSR count). The largest absolute Gasteiger partial charge is 0.486 e. The molecule has 2 aliphatic rings. The summed E-state index contributed by atoms with van der Waals surface area (Å²) in [4.78, 5) is 11.7. The van der Waals surface area contributed by atoms with E-state index in [4.69, 9.17) is 14.2 Å². The van der Waals surface area contributed by atoms with Gasteiger partial charge in [-0.2, -0.15) is 0 Å². The predicted octanol–water partition coefficient (Wildman–Crippen LogP) is 2.35.